The Labute approximate surface area is 196 Å². The van der Waals surface area contributed by atoms with Crippen LogP contribution in [-0.4, -0.2) is 37.6 Å². The van der Waals surface area contributed by atoms with Gasteiger partial charge in [-0.15, -0.1) is 0 Å². The molecule has 0 spiro atoms. The highest BCUT2D eigenvalue weighted by molar-refractivity contribution is 7.22. The summed E-state index contributed by atoms with van der Waals surface area (Å²) in [5.74, 6) is -0.120. The molecule has 0 radical (unpaired) electrons. The van der Waals surface area contributed by atoms with Gasteiger partial charge in [-0.3, -0.25) is 4.79 Å². The van der Waals surface area contributed by atoms with Gasteiger partial charge < -0.3 is 15.5 Å². The molecule has 3 aromatic carbocycles. The van der Waals surface area contributed by atoms with Crippen LogP contribution in [0.1, 0.15) is 16.8 Å². The molecule has 1 atom stereocenters. The zero-order chi connectivity index (χ0) is 22.8. The monoisotopic (exact) mass is 460 g/mol. The first-order chi connectivity index (χ1) is 16.1. The number of anilines is 2. The number of benzene rings is 3. The number of fused-ring (bicyclic) bond motifs is 1. The summed E-state index contributed by atoms with van der Waals surface area (Å²) >= 11 is 1.61. The Bertz CT molecular complexity index is 1280. The molecule has 1 fully saturated rings. The van der Waals surface area contributed by atoms with Gasteiger partial charge in [0, 0.05) is 30.4 Å². The Balaban J connectivity index is 1.30. The standard InChI is InChI=1S/C26H25FN4OS/c1-31(16-17-11-12-28-15-17)26-30-23-10-8-20(14-24(23)33-26)29-25(32)19-7-9-21(22(27)13-19)18-5-3-2-4-6-18/h2-10,13-14,17,28H,11-12,15-16H2,1H3,(H,29,32). The lowest BCUT2D eigenvalue weighted by atomic mass is 10.0. The number of nitrogens with zero attached hydrogens (tertiary/aromatic N) is 2. The van der Waals surface area contributed by atoms with Crippen LogP contribution in [0.4, 0.5) is 15.2 Å². The van der Waals surface area contributed by atoms with E-state index < -0.39 is 5.82 Å². The minimum absolute atomic E-state index is 0.280. The fraction of sp³-hybridized carbons (Fsp3) is 0.231. The molecule has 5 nitrogen and oxygen atoms in total. The van der Waals surface area contributed by atoms with Crippen LogP contribution >= 0.6 is 11.3 Å². The average Bonchev–Trinajstić information content (AvgIpc) is 3.49. The molecule has 2 N–H and O–H groups in total. The van der Waals surface area contributed by atoms with E-state index in [0.717, 1.165) is 40.5 Å². The van der Waals surface area contributed by atoms with Gasteiger partial charge in [0.15, 0.2) is 5.13 Å². The van der Waals surface area contributed by atoms with E-state index in [-0.39, 0.29) is 11.5 Å². The van der Waals surface area contributed by atoms with Crippen molar-refractivity contribution in [3.05, 3.63) is 78.1 Å². The molecule has 1 unspecified atom stereocenters. The van der Waals surface area contributed by atoms with Crippen molar-refractivity contribution in [2.45, 2.75) is 6.42 Å². The fourth-order valence-electron chi connectivity index (χ4n) is 4.20. The van der Waals surface area contributed by atoms with Gasteiger partial charge in [0.1, 0.15) is 5.82 Å². The number of amides is 1. The Morgan fingerprint density at radius 2 is 2.03 bits per heavy atom. The molecule has 0 saturated carbocycles. The van der Waals surface area contributed by atoms with Crippen molar-refractivity contribution in [2.75, 3.05) is 36.9 Å². The topological polar surface area (TPSA) is 57.3 Å². The van der Waals surface area contributed by atoms with Crippen molar-refractivity contribution in [2.24, 2.45) is 5.92 Å². The molecule has 7 heteroatoms. The number of carbonyl (C=O) groups is 1. The summed E-state index contributed by atoms with van der Waals surface area (Å²) in [7, 11) is 2.08. The van der Waals surface area contributed by atoms with Crippen molar-refractivity contribution in [1.29, 1.82) is 0 Å². The smallest absolute Gasteiger partial charge is 0.255 e. The summed E-state index contributed by atoms with van der Waals surface area (Å²) in [5.41, 5.74) is 3.11. The second kappa shape index (κ2) is 9.29. The lowest BCUT2D eigenvalue weighted by Gasteiger charge is -2.19. The molecule has 4 aromatic rings. The van der Waals surface area contributed by atoms with E-state index in [9.17, 15) is 9.18 Å². The first-order valence-corrected chi connectivity index (χ1v) is 11.9. The maximum atomic E-state index is 14.7. The minimum Gasteiger partial charge on any atom is -0.351 e. The van der Waals surface area contributed by atoms with E-state index in [1.807, 2.05) is 48.5 Å². The maximum Gasteiger partial charge on any atom is 0.255 e. The number of rotatable bonds is 6. The van der Waals surface area contributed by atoms with Gasteiger partial charge in [-0.1, -0.05) is 47.7 Å². The van der Waals surface area contributed by atoms with Gasteiger partial charge in [-0.25, -0.2) is 9.37 Å². The van der Waals surface area contributed by atoms with E-state index in [4.69, 9.17) is 4.98 Å². The minimum atomic E-state index is -0.420. The second-order valence-corrected chi connectivity index (χ2v) is 9.44. The molecule has 0 aliphatic carbocycles. The van der Waals surface area contributed by atoms with Gasteiger partial charge in [0.2, 0.25) is 0 Å². The van der Waals surface area contributed by atoms with Gasteiger partial charge in [0.25, 0.3) is 5.91 Å². The summed E-state index contributed by atoms with van der Waals surface area (Å²) in [6.07, 6.45) is 1.19. The largest absolute Gasteiger partial charge is 0.351 e. The highest BCUT2D eigenvalue weighted by Crippen LogP contribution is 2.31. The number of nitrogens with one attached hydrogen (secondary N) is 2. The number of hydrogen-bond donors (Lipinski definition) is 2. The Hall–Kier alpha value is -3.29. The number of halogens is 1. The maximum absolute atomic E-state index is 14.7. The first-order valence-electron chi connectivity index (χ1n) is 11.1. The van der Waals surface area contributed by atoms with E-state index >= 15 is 0 Å². The zero-order valence-electron chi connectivity index (χ0n) is 18.3. The summed E-state index contributed by atoms with van der Waals surface area (Å²) in [4.78, 5) is 19.7. The SMILES string of the molecule is CN(CC1CCNC1)c1nc2ccc(NC(=O)c3ccc(-c4ccccc4)c(F)c3)cc2s1. The lowest BCUT2D eigenvalue weighted by Crippen LogP contribution is -2.26. The molecule has 2 heterocycles. The summed E-state index contributed by atoms with van der Waals surface area (Å²) < 4.78 is 15.7. The van der Waals surface area contributed by atoms with Crippen LogP contribution in [0.2, 0.25) is 0 Å². The van der Waals surface area contributed by atoms with Crippen LogP contribution in [0.25, 0.3) is 21.3 Å². The van der Waals surface area contributed by atoms with Gasteiger partial charge in [-0.05, 0) is 61.3 Å². The third-order valence-corrected chi connectivity index (χ3v) is 7.10. The number of aromatic nitrogens is 1. The fourth-order valence-corrected chi connectivity index (χ4v) is 5.18. The number of carbonyl (C=O) groups excluding carboxylic acids is 1. The van der Waals surface area contributed by atoms with Crippen molar-refractivity contribution < 1.29 is 9.18 Å². The zero-order valence-corrected chi connectivity index (χ0v) is 19.2. The highest BCUT2D eigenvalue weighted by atomic mass is 32.1. The molecule has 168 valence electrons. The van der Waals surface area contributed by atoms with E-state index in [0.29, 0.717) is 17.2 Å². The summed E-state index contributed by atoms with van der Waals surface area (Å²) in [5, 5.41) is 7.26. The summed E-state index contributed by atoms with van der Waals surface area (Å²) in [6, 6.07) is 19.6. The molecule has 1 amide bonds. The average molecular weight is 461 g/mol. The highest BCUT2D eigenvalue weighted by Gasteiger charge is 2.18. The van der Waals surface area contributed by atoms with E-state index in [2.05, 4.69) is 22.6 Å². The molecule has 0 bridgehead atoms. The molecule has 1 aromatic heterocycles. The van der Waals surface area contributed by atoms with Gasteiger partial charge in [-0.2, -0.15) is 0 Å². The molecule has 1 aliphatic rings. The lowest BCUT2D eigenvalue weighted by molar-refractivity contribution is 0.102. The normalized spacial score (nSPS) is 15.6. The third kappa shape index (κ3) is 4.74. The molecule has 1 saturated heterocycles. The Morgan fingerprint density at radius 1 is 1.18 bits per heavy atom. The molecule has 5 rings (SSSR count). The molecular formula is C26H25FN4OS. The number of thiazole rings is 1. The quantitative estimate of drug-likeness (QED) is 0.405. The first kappa shape index (κ1) is 21.6. The van der Waals surface area contributed by atoms with E-state index in [1.165, 1.54) is 12.5 Å². The predicted molar refractivity (Wildman–Crippen MR) is 134 cm³/mol. The third-order valence-electron chi connectivity index (χ3n) is 5.97. The molecule has 1 aliphatic heterocycles. The summed E-state index contributed by atoms with van der Waals surface area (Å²) in [6.45, 7) is 3.11. The van der Waals surface area contributed by atoms with Crippen molar-refractivity contribution >= 4 is 38.3 Å². The van der Waals surface area contributed by atoms with Crippen LogP contribution in [-0.2, 0) is 0 Å². The van der Waals surface area contributed by atoms with Crippen LogP contribution in [0, 0.1) is 11.7 Å². The Kier molecular flexibility index (Phi) is 6.07. The second-order valence-electron chi connectivity index (χ2n) is 8.43. The van der Waals surface area contributed by atoms with Gasteiger partial charge >= 0.3 is 0 Å². The molecular weight excluding hydrogens is 435 g/mol. The predicted octanol–water partition coefficient (Wildman–Crippen LogP) is 5.40. The van der Waals surface area contributed by atoms with Crippen LogP contribution in [0.5, 0.6) is 0 Å². The number of hydrogen-bond acceptors (Lipinski definition) is 5. The van der Waals surface area contributed by atoms with Crippen LogP contribution < -0.4 is 15.5 Å². The van der Waals surface area contributed by atoms with Crippen molar-refractivity contribution in [3.63, 3.8) is 0 Å². The van der Waals surface area contributed by atoms with E-state index in [1.54, 1.807) is 23.5 Å². The van der Waals surface area contributed by atoms with Crippen LogP contribution in [0.3, 0.4) is 0 Å². The molecule has 33 heavy (non-hydrogen) atoms. The Morgan fingerprint density at radius 3 is 2.79 bits per heavy atom. The van der Waals surface area contributed by atoms with Crippen molar-refractivity contribution in [1.82, 2.24) is 10.3 Å². The van der Waals surface area contributed by atoms with Crippen molar-refractivity contribution in [3.8, 4) is 11.1 Å². The van der Waals surface area contributed by atoms with Gasteiger partial charge in [0.05, 0.1) is 10.2 Å². The van der Waals surface area contributed by atoms with Crippen LogP contribution in [0.15, 0.2) is 66.7 Å².